The van der Waals surface area contributed by atoms with Gasteiger partial charge in [-0.15, -0.1) is 0 Å². The average molecular weight is 374 g/mol. The Balaban J connectivity index is 2.05. The lowest BCUT2D eigenvalue weighted by Crippen LogP contribution is -2.28. The summed E-state index contributed by atoms with van der Waals surface area (Å²) in [5, 5.41) is 13.9. The van der Waals surface area contributed by atoms with Crippen molar-refractivity contribution in [2.75, 3.05) is 27.4 Å². The van der Waals surface area contributed by atoms with Crippen molar-refractivity contribution in [3.05, 3.63) is 57.1 Å². The number of amides is 1. The molecule has 0 aliphatic rings. The molecule has 0 saturated heterocycles. The Labute approximate surface area is 157 Å². The second-order valence-corrected chi connectivity index (χ2v) is 5.91. The third-order valence-corrected chi connectivity index (χ3v) is 3.79. The number of hydrogen-bond acceptors (Lipinski definition) is 6. The minimum Gasteiger partial charge on any atom is -0.493 e. The molecule has 2 aromatic rings. The van der Waals surface area contributed by atoms with E-state index in [1.54, 1.807) is 0 Å². The summed E-state index contributed by atoms with van der Waals surface area (Å²) in [7, 11) is 2.76. The molecule has 2 aromatic carbocycles. The number of nitro groups is 1. The SMILES string of the molecule is COc1cc(C(=O)NCCOc2cc(C)cc(C)c2)c([N+](=O)[O-])cc1OC. The van der Waals surface area contributed by atoms with Crippen LogP contribution in [0.4, 0.5) is 5.69 Å². The Morgan fingerprint density at radius 2 is 1.63 bits per heavy atom. The van der Waals surface area contributed by atoms with Gasteiger partial charge in [-0.05, 0) is 37.1 Å². The highest BCUT2D eigenvalue weighted by Gasteiger charge is 2.24. The summed E-state index contributed by atoms with van der Waals surface area (Å²) in [6.07, 6.45) is 0. The van der Waals surface area contributed by atoms with Crippen LogP contribution in [-0.4, -0.2) is 38.2 Å². The van der Waals surface area contributed by atoms with Gasteiger partial charge in [0.1, 0.15) is 17.9 Å². The molecule has 0 spiro atoms. The van der Waals surface area contributed by atoms with Crippen molar-refractivity contribution in [3.63, 3.8) is 0 Å². The van der Waals surface area contributed by atoms with Crippen LogP contribution in [0.15, 0.2) is 30.3 Å². The lowest BCUT2D eigenvalue weighted by molar-refractivity contribution is -0.385. The summed E-state index contributed by atoms with van der Waals surface area (Å²) in [6.45, 7) is 4.36. The first-order chi connectivity index (χ1) is 12.8. The molecule has 0 saturated carbocycles. The number of ether oxygens (including phenoxy) is 3. The summed E-state index contributed by atoms with van der Waals surface area (Å²) in [4.78, 5) is 23.0. The minimum absolute atomic E-state index is 0.107. The van der Waals surface area contributed by atoms with Crippen molar-refractivity contribution in [2.24, 2.45) is 0 Å². The van der Waals surface area contributed by atoms with Gasteiger partial charge in [0.05, 0.1) is 31.8 Å². The van der Waals surface area contributed by atoms with Gasteiger partial charge in [-0.1, -0.05) is 6.07 Å². The van der Waals surface area contributed by atoms with E-state index in [9.17, 15) is 14.9 Å². The topological polar surface area (TPSA) is 99.9 Å². The molecule has 0 aliphatic heterocycles. The number of nitrogens with zero attached hydrogens (tertiary/aromatic N) is 1. The van der Waals surface area contributed by atoms with E-state index in [4.69, 9.17) is 14.2 Å². The van der Waals surface area contributed by atoms with Crippen LogP contribution in [0.5, 0.6) is 17.2 Å². The predicted octanol–water partition coefficient (Wildman–Crippen LogP) is 3.04. The molecule has 0 aliphatic carbocycles. The Bertz CT molecular complexity index is 830. The number of hydrogen-bond donors (Lipinski definition) is 1. The number of aryl methyl sites for hydroxylation is 2. The molecule has 2 rings (SSSR count). The molecule has 0 radical (unpaired) electrons. The highest BCUT2D eigenvalue weighted by molar-refractivity contribution is 5.99. The van der Waals surface area contributed by atoms with Crippen molar-refractivity contribution >= 4 is 11.6 Å². The van der Waals surface area contributed by atoms with Gasteiger partial charge >= 0.3 is 0 Å². The molecule has 0 atom stereocenters. The van der Waals surface area contributed by atoms with E-state index >= 15 is 0 Å². The van der Waals surface area contributed by atoms with Crippen molar-refractivity contribution in [1.29, 1.82) is 0 Å². The molecule has 8 heteroatoms. The highest BCUT2D eigenvalue weighted by atomic mass is 16.6. The Hall–Kier alpha value is -3.29. The van der Waals surface area contributed by atoms with Gasteiger partial charge in [-0.25, -0.2) is 0 Å². The molecule has 144 valence electrons. The van der Waals surface area contributed by atoms with Gasteiger partial charge in [-0.2, -0.15) is 0 Å². The van der Waals surface area contributed by atoms with Gasteiger partial charge in [-0.3, -0.25) is 14.9 Å². The highest BCUT2D eigenvalue weighted by Crippen LogP contribution is 2.34. The summed E-state index contributed by atoms with van der Waals surface area (Å²) in [5.74, 6) is 0.532. The van der Waals surface area contributed by atoms with Crippen molar-refractivity contribution in [1.82, 2.24) is 5.32 Å². The number of nitro benzene ring substituents is 1. The third kappa shape index (κ3) is 5.10. The number of carbonyl (C=O) groups excluding carboxylic acids is 1. The first-order valence-corrected chi connectivity index (χ1v) is 8.25. The van der Waals surface area contributed by atoms with E-state index in [1.165, 1.54) is 26.4 Å². The predicted molar refractivity (Wildman–Crippen MR) is 99.9 cm³/mol. The normalized spacial score (nSPS) is 10.2. The Morgan fingerprint density at radius 1 is 1.04 bits per heavy atom. The van der Waals surface area contributed by atoms with E-state index in [-0.39, 0.29) is 35.9 Å². The van der Waals surface area contributed by atoms with Crippen LogP contribution in [0.2, 0.25) is 0 Å². The second kappa shape index (κ2) is 8.88. The zero-order valence-electron chi connectivity index (χ0n) is 15.7. The summed E-state index contributed by atoms with van der Waals surface area (Å²) < 4.78 is 15.8. The minimum atomic E-state index is -0.636. The first-order valence-electron chi connectivity index (χ1n) is 8.25. The second-order valence-electron chi connectivity index (χ2n) is 5.91. The fourth-order valence-corrected chi connectivity index (χ4v) is 2.65. The lowest BCUT2D eigenvalue weighted by Gasteiger charge is -2.12. The quantitative estimate of drug-likeness (QED) is 0.433. The molecule has 0 heterocycles. The van der Waals surface area contributed by atoms with Crippen molar-refractivity contribution < 1.29 is 23.9 Å². The largest absolute Gasteiger partial charge is 0.493 e. The van der Waals surface area contributed by atoms with Crippen LogP contribution < -0.4 is 19.5 Å². The van der Waals surface area contributed by atoms with Gasteiger partial charge in [0, 0.05) is 6.07 Å². The van der Waals surface area contributed by atoms with Gasteiger partial charge in [0.2, 0.25) is 0 Å². The van der Waals surface area contributed by atoms with Crippen LogP contribution >= 0.6 is 0 Å². The maximum Gasteiger partial charge on any atom is 0.286 e. The maximum absolute atomic E-state index is 12.4. The van der Waals surface area contributed by atoms with E-state index in [2.05, 4.69) is 5.32 Å². The standard InChI is InChI=1S/C19H22N2O6/c1-12-7-13(2)9-14(8-12)27-6-5-20-19(22)15-10-17(25-3)18(26-4)11-16(15)21(23)24/h7-11H,5-6H2,1-4H3,(H,20,22). The Kier molecular flexibility index (Phi) is 6.59. The molecule has 27 heavy (non-hydrogen) atoms. The van der Waals surface area contributed by atoms with Crippen LogP contribution in [-0.2, 0) is 0 Å². The van der Waals surface area contributed by atoms with Crippen LogP contribution in [0.25, 0.3) is 0 Å². The van der Waals surface area contributed by atoms with Gasteiger partial charge in [0.15, 0.2) is 11.5 Å². The summed E-state index contributed by atoms with van der Waals surface area (Å²) in [5.41, 5.74) is 1.69. The van der Waals surface area contributed by atoms with Gasteiger partial charge in [0.25, 0.3) is 11.6 Å². The number of methoxy groups -OCH3 is 2. The zero-order valence-corrected chi connectivity index (χ0v) is 15.7. The van der Waals surface area contributed by atoms with Gasteiger partial charge < -0.3 is 19.5 Å². The molecule has 0 bridgehead atoms. The average Bonchev–Trinajstić information content (AvgIpc) is 2.62. The molecule has 0 unspecified atom stereocenters. The number of nitrogens with one attached hydrogen (secondary N) is 1. The first kappa shape index (κ1) is 20.0. The smallest absolute Gasteiger partial charge is 0.286 e. The summed E-state index contributed by atoms with van der Waals surface area (Å²) in [6, 6.07) is 8.28. The van der Waals surface area contributed by atoms with E-state index < -0.39 is 10.8 Å². The third-order valence-electron chi connectivity index (χ3n) is 3.79. The summed E-state index contributed by atoms with van der Waals surface area (Å²) >= 11 is 0. The monoisotopic (exact) mass is 374 g/mol. The van der Waals surface area contributed by atoms with E-state index in [0.717, 1.165) is 11.1 Å². The zero-order chi connectivity index (χ0) is 20.0. The van der Waals surface area contributed by atoms with Crippen molar-refractivity contribution in [2.45, 2.75) is 13.8 Å². The molecule has 0 fully saturated rings. The lowest BCUT2D eigenvalue weighted by atomic mass is 10.1. The molecule has 1 amide bonds. The molecular weight excluding hydrogens is 352 g/mol. The number of benzene rings is 2. The molecule has 8 nitrogen and oxygen atoms in total. The molecule has 1 N–H and O–H groups in total. The van der Waals surface area contributed by atoms with E-state index in [1.807, 2.05) is 32.0 Å². The molecule has 0 aromatic heterocycles. The number of rotatable bonds is 8. The van der Waals surface area contributed by atoms with E-state index in [0.29, 0.717) is 5.75 Å². The fourth-order valence-electron chi connectivity index (χ4n) is 2.65. The van der Waals surface area contributed by atoms with Crippen LogP contribution in [0, 0.1) is 24.0 Å². The maximum atomic E-state index is 12.4. The number of carbonyl (C=O) groups is 1. The molecular formula is C19H22N2O6. The van der Waals surface area contributed by atoms with Crippen LogP contribution in [0.3, 0.4) is 0 Å². The van der Waals surface area contributed by atoms with Crippen LogP contribution in [0.1, 0.15) is 21.5 Å². The van der Waals surface area contributed by atoms with Crippen molar-refractivity contribution in [3.8, 4) is 17.2 Å². The fraction of sp³-hybridized carbons (Fsp3) is 0.316. The Morgan fingerprint density at radius 3 is 2.19 bits per heavy atom.